The molecule has 1 heterocycles. The van der Waals surface area contributed by atoms with Crippen LogP contribution in [0, 0.1) is 6.92 Å². The number of rotatable bonds is 5. The van der Waals surface area contributed by atoms with Crippen LogP contribution < -0.4 is 5.32 Å². The highest BCUT2D eigenvalue weighted by Crippen LogP contribution is 2.16. The largest absolute Gasteiger partial charge is 0.372 e. The smallest absolute Gasteiger partial charge is 0.251 e. The predicted octanol–water partition coefficient (Wildman–Crippen LogP) is 2.52. The number of aryl methyl sites for hydroxylation is 1. The first-order valence-electron chi connectivity index (χ1n) is 5.13. The van der Waals surface area contributed by atoms with Crippen molar-refractivity contribution in [3.05, 3.63) is 22.3 Å². The van der Waals surface area contributed by atoms with Gasteiger partial charge in [-0.05, 0) is 40.9 Å². The molecule has 1 aromatic rings. The maximum absolute atomic E-state index is 11.4. The number of halogens is 1. The number of hydrogen-bond donors (Lipinski definition) is 1. The third-order valence-electron chi connectivity index (χ3n) is 1.88. The van der Waals surface area contributed by atoms with Crippen LogP contribution in [-0.2, 0) is 9.53 Å². The summed E-state index contributed by atoms with van der Waals surface area (Å²) in [4.78, 5) is 15.5. The molecule has 0 aliphatic rings. The summed E-state index contributed by atoms with van der Waals surface area (Å²) in [6, 6.07) is 1.90. The number of anilines is 1. The summed E-state index contributed by atoms with van der Waals surface area (Å²) >= 11 is 3.31. The summed E-state index contributed by atoms with van der Waals surface area (Å²) in [5, 5.41) is 2.70. The fourth-order valence-electron chi connectivity index (χ4n) is 1.15. The molecule has 0 unspecified atom stereocenters. The lowest BCUT2D eigenvalue weighted by Crippen LogP contribution is -2.19. The van der Waals surface area contributed by atoms with Crippen LogP contribution in [0.25, 0.3) is 0 Å². The second-order valence-corrected chi connectivity index (χ2v) is 4.34. The molecule has 0 atom stereocenters. The van der Waals surface area contributed by atoms with Crippen LogP contribution in [0.2, 0.25) is 0 Å². The average Bonchev–Trinajstić information content (AvgIpc) is 2.23. The molecule has 1 amide bonds. The first-order valence-corrected chi connectivity index (χ1v) is 5.92. The van der Waals surface area contributed by atoms with Crippen LogP contribution in [0.15, 0.2) is 16.7 Å². The number of nitrogens with zero attached hydrogens (tertiary/aromatic N) is 1. The van der Waals surface area contributed by atoms with E-state index in [-0.39, 0.29) is 12.5 Å². The minimum Gasteiger partial charge on any atom is -0.372 e. The Kier molecular flexibility index (Phi) is 5.42. The molecule has 0 saturated heterocycles. The molecule has 1 N–H and O–H groups in total. The number of pyridine rings is 1. The molecule has 5 heteroatoms. The van der Waals surface area contributed by atoms with Crippen LogP contribution in [-0.4, -0.2) is 24.1 Å². The Balaban J connectivity index is 2.49. The molecule has 1 aromatic heterocycles. The first-order chi connectivity index (χ1) is 7.63. The number of carbonyl (C=O) groups excluding carboxylic acids is 1. The first kappa shape index (κ1) is 13.1. The van der Waals surface area contributed by atoms with Crippen LogP contribution in [0.5, 0.6) is 0 Å². The van der Waals surface area contributed by atoms with Crippen molar-refractivity contribution in [2.24, 2.45) is 0 Å². The van der Waals surface area contributed by atoms with E-state index in [2.05, 4.69) is 26.2 Å². The van der Waals surface area contributed by atoms with Gasteiger partial charge in [0.15, 0.2) is 0 Å². The Labute approximate surface area is 104 Å². The highest BCUT2D eigenvalue weighted by atomic mass is 79.9. The zero-order valence-corrected chi connectivity index (χ0v) is 11.0. The zero-order chi connectivity index (χ0) is 12.0. The van der Waals surface area contributed by atoms with Crippen molar-refractivity contribution in [1.82, 2.24) is 4.98 Å². The van der Waals surface area contributed by atoms with Crippen molar-refractivity contribution in [1.29, 1.82) is 0 Å². The molecule has 0 bridgehead atoms. The standard InChI is InChI=1S/C11H15BrN2O2/c1-3-4-16-7-10(15)14-11-8(2)5-9(12)6-13-11/h5-6H,3-4,7H2,1-2H3,(H,13,14,15). The molecular formula is C11H15BrN2O2. The lowest BCUT2D eigenvalue weighted by Gasteiger charge is -2.07. The monoisotopic (exact) mass is 286 g/mol. The Morgan fingerprint density at radius 1 is 1.62 bits per heavy atom. The minimum absolute atomic E-state index is 0.0744. The maximum Gasteiger partial charge on any atom is 0.251 e. The van der Waals surface area contributed by atoms with E-state index in [9.17, 15) is 4.79 Å². The molecule has 1 rings (SSSR count). The van der Waals surface area contributed by atoms with Gasteiger partial charge in [0.1, 0.15) is 12.4 Å². The molecule has 0 spiro atoms. The van der Waals surface area contributed by atoms with Gasteiger partial charge >= 0.3 is 0 Å². The lowest BCUT2D eigenvalue weighted by molar-refractivity contribution is -0.120. The topological polar surface area (TPSA) is 51.2 Å². The number of aromatic nitrogens is 1. The van der Waals surface area contributed by atoms with Gasteiger partial charge in [0, 0.05) is 17.3 Å². The van der Waals surface area contributed by atoms with E-state index >= 15 is 0 Å². The third kappa shape index (κ3) is 4.28. The van der Waals surface area contributed by atoms with Gasteiger partial charge in [-0.25, -0.2) is 4.98 Å². The van der Waals surface area contributed by atoms with Crippen molar-refractivity contribution in [3.63, 3.8) is 0 Å². The van der Waals surface area contributed by atoms with Crippen molar-refractivity contribution in [2.75, 3.05) is 18.5 Å². The van der Waals surface area contributed by atoms with E-state index in [4.69, 9.17) is 4.74 Å². The number of nitrogens with one attached hydrogen (secondary N) is 1. The highest BCUT2D eigenvalue weighted by Gasteiger charge is 2.06. The maximum atomic E-state index is 11.4. The summed E-state index contributed by atoms with van der Waals surface area (Å²) in [6.45, 7) is 4.56. The van der Waals surface area contributed by atoms with Gasteiger partial charge < -0.3 is 10.1 Å². The summed E-state index contributed by atoms with van der Waals surface area (Å²) < 4.78 is 6.03. The summed E-state index contributed by atoms with van der Waals surface area (Å²) in [5.41, 5.74) is 0.915. The van der Waals surface area contributed by atoms with Gasteiger partial charge in [-0.15, -0.1) is 0 Å². The molecule has 16 heavy (non-hydrogen) atoms. The summed E-state index contributed by atoms with van der Waals surface area (Å²) in [7, 11) is 0. The van der Waals surface area contributed by atoms with Gasteiger partial charge in [-0.2, -0.15) is 0 Å². The SMILES string of the molecule is CCCOCC(=O)Nc1ncc(Br)cc1C. The van der Waals surface area contributed by atoms with Gasteiger partial charge in [0.2, 0.25) is 0 Å². The van der Waals surface area contributed by atoms with Gasteiger partial charge in [-0.1, -0.05) is 6.92 Å². The minimum atomic E-state index is -0.175. The Morgan fingerprint density at radius 2 is 2.38 bits per heavy atom. The molecule has 88 valence electrons. The van der Waals surface area contributed by atoms with Crippen LogP contribution >= 0.6 is 15.9 Å². The average molecular weight is 287 g/mol. The van der Waals surface area contributed by atoms with Crippen molar-refractivity contribution in [3.8, 4) is 0 Å². The molecule has 0 aliphatic carbocycles. The van der Waals surface area contributed by atoms with E-state index in [1.54, 1.807) is 6.20 Å². The number of hydrogen-bond acceptors (Lipinski definition) is 3. The van der Waals surface area contributed by atoms with Gasteiger partial charge in [0.05, 0.1) is 0 Å². The summed E-state index contributed by atoms with van der Waals surface area (Å²) in [5.74, 6) is 0.402. The Morgan fingerprint density at radius 3 is 3.00 bits per heavy atom. The zero-order valence-electron chi connectivity index (χ0n) is 9.42. The van der Waals surface area contributed by atoms with E-state index in [1.807, 2.05) is 19.9 Å². The third-order valence-corrected chi connectivity index (χ3v) is 2.32. The van der Waals surface area contributed by atoms with Crippen molar-refractivity contribution >= 4 is 27.7 Å². The molecule has 0 aromatic carbocycles. The Hall–Kier alpha value is -0.940. The molecule has 0 aliphatic heterocycles. The van der Waals surface area contributed by atoms with Crippen LogP contribution in [0.1, 0.15) is 18.9 Å². The van der Waals surface area contributed by atoms with E-state index < -0.39 is 0 Å². The number of carbonyl (C=O) groups is 1. The molecule has 4 nitrogen and oxygen atoms in total. The normalized spacial score (nSPS) is 10.2. The van der Waals surface area contributed by atoms with Crippen LogP contribution in [0.3, 0.4) is 0 Å². The quantitative estimate of drug-likeness (QED) is 0.847. The molecular weight excluding hydrogens is 272 g/mol. The molecule has 0 radical (unpaired) electrons. The molecule has 0 saturated carbocycles. The van der Waals surface area contributed by atoms with Crippen LogP contribution in [0.4, 0.5) is 5.82 Å². The Bertz CT molecular complexity index is 369. The fraction of sp³-hybridized carbons (Fsp3) is 0.455. The highest BCUT2D eigenvalue weighted by molar-refractivity contribution is 9.10. The van der Waals surface area contributed by atoms with E-state index in [0.29, 0.717) is 12.4 Å². The predicted molar refractivity (Wildman–Crippen MR) is 66.4 cm³/mol. The lowest BCUT2D eigenvalue weighted by atomic mass is 10.3. The molecule has 0 fully saturated rings. The van der Waals surface area contributed by atoms with Crippen molar-refractivity contribution in [2.45, 2.75) is 20.3 Å². The van der Waals surface area contributed by atoms with Gasteiger partial charge in [-0.3, -0.25) is 4.79 Å². The van der Waals surface area contributed by atoms with Gasteiger partial charge in [0.25, 0.3) is 5.91 Å². The fourth-order valence-corrected chi connectivity index (χ4v) is 1.59. The number of amides is 1. The second kappa shape index (κ2) is 6.60. The van der Waals surface area contributed by atoms with E-state index in [0.717, 1.165) is 16.5 Å². The van der Waals surface area contributed by atoms with E-state index in [1.165, 1.54) is 0 Å². The second-order valence-electron chi connectivity index (χ2n) is 3.42. The number of ether oxygens (including phenoxy) is 1. The summed E-state index contributed by atoms with van der Waals surface area (Å²) in [6.07, 6.45) is 2.55. The van der Waals surface area contributed by atoms with Crippen molar-refractivity contribution < 1.29 is 9.53 Å².